The zero-order valence-corrected chi connectivity index (χ0v) is 14.6. The Kier molecular flexibility index (Phi) is 5.64. The number of likely N-dealkylation sites (tertiary alicyclic amines) is 1. The molecule has 1 aromatic rings. The summed E-state index contributed by atoms with van der Waals surface area (Å²) in [6, 6.07) is 4.92. The molecule has 1 fully saturated rings. The Labute approximate surface area is 137 Å². The molecule has 1 saturated heterocycles. The summed E-state index contributed by atoms with van der Waals surface area (Å²) in [4.78, 5) is 14.0. The van der Waals surface area contributed by atoms with E-state index in [1.807, 2.05) is 0 Å². The van der Waals surface area contributed by atoms with Crippen molar-refractivity contribution in [2.24, 2.45) is 5.92 Å². The lowest BCUT2D eigenvalue weighted by Gasteiger charge is -2.31. The Hall–Kier alpha value is -1.60. The third-order valence-corrected chi connectivity index (χ3v) is 5.45. The van der Waals surface area contributed by atoms with E-state index in [0.29, 0.717) is 19.0 Å². The normalized spacial score (nSPS) is 18.7. The van der Waals surface area contributed by atoms with Gasteiger partial charge in [0.15, 0.2) is 0 Å². The molecule has 1 aliphatic rings. The number of carbonyl (C=O) groups excluding carboxylic acids is 1. The molecule has 0 aromatic heterocycles. The van der Waals surface area contributed by atoms with Crippen LogP contribution < -0.4 is 9.46 Å². The topological polar surface area (TPSA) is 75.7 Å². The summed E-state index contributed by atoms with van der Waals surface area (Å²) >= 11 is 0. The Bertz CT molecular complexity index is 673. The van der Waals surface area contributed by atoms with Crippen LogP contribution in [0, 0.1) is 12.8 Å². The number of sulfonamides is 1. The van der Waals surface area contributed by atoms with Crippen molar-refractivity contribution >= 4 is 15.9 Å². The molecule has 1 N–H and O–H groups in total. The molecular weight excluding hydrogens is 316 g/mol. The van der Waals surface area contributed by atoms with Crippen LogP contribution in [0.1, 0.15) is 25.3 Å². The lowest BCUT2D eigenvalue weighted by Crippen LogP contribution is -2.44. The van der Waals surface area contributed by atoms with Crippen molar-refractivity contribution in [3.05, 3.63) is 23.8 Å². The van der Waals surface area contributed by atoms with Crippen molar-refractivity contribution in [1.82, 2.24) is 9.62 Å². The van der Waals surface area contributed by atoms with E-state index < -0.39 is 10.0 Å². The van der Waals surface area contributed by atoms with Crippen molar-refractivity contribution in [3.63, 3.8) is 0 Å². The van der Waals surface area contributed by atoms with Gasteiger partial charge in [0, 0.05) is 13.1 Å². The molecule has 2 rings (SSSR count). The smallest absolute Gasteiger partial charge is 0.244 e. The van der Waals surface area contributed by atoms with Gasteiger partial charge in [0.1, 0.15) is 10.6 Å². The number of hydrogen-bond donors (Lipinski definition) is 1. The highest BCUT2D eigenvalue weighted by atomic mass is 32.2. The number of hydrogen-bond acceptors (Lipinski definition) is 4. The summed E-state index contributed by atoms with van der Waals surface area (Å²) in [5.74, 6) is 0.537. The third-order valence-electron chi connectivity index (χ3n) is 4.03. The van der Waals surface area contributed by atoms with Crippen molar-refractivity contribution < 1.29 is 17.9 Å². The molecule has 0 aliphatic carbocycles. The van der Waals surface area contributed by atoms with Crippen LogP contribution in [-0.4, -0.2) is 46.0 Å². The molecule has 1 aromatic carbocycles. The first kappa shape index (κ1) is 17.7. The van der Waals surface area contributed by atoms with Gasteiger partial charge in [-0.25, -0.2) is 13.1 Å². The maximum absolute atomic E-state index is 12.5. The van der Waals surface area contributed by atoms with Crippen molar-refractivity contribution in [2.45, 2.75) is 31.6 Å². The molecule has 6 nitrogen and oxygen atoms in total. The fourth-order valence-electron chi connectivity index (χ4n) is 2.76. The van der Waals surface area contributed by atoms with Gasteiger partial charge in [0.2, 0.25) is 15.9 Å². The highest BCUT2D eigenvalue weighted by Gasteiger charge is 2.24. The number of amides is 1. The van der Waals surface area contributed by atoms with Gasteiger partial charge in [-0.05, 0) is 43.4 Å². The van der Waals surface area contributed by atoms with Gasteiger partial charge in [0.05, 0.1) is 13.7 Å². The highest BCUT2D eigenvalue weighted by Crippen LogP contribution is 2.24. The first-order valence-corrected chi connectivity index (χ1v) is 9.24. The minimum Gasteiger partial charge on any atom is -0.495 e. The molecule has 1 heterocycles. The van der Waals surface area contributed by atoms with E-state index in [0.717, 1.165) is 18.4 Å². The molecule has 1 unspecified atom stereocenters. The van der Waals surface area contributed by atoms with E-state index in [2.05, 4.69) is 11.6 Å². The van der Waals surface area contributed by atoms with Crippen LogP contribution in [0.3, 0.4) is 0 Å². The van der Waals surface area contributed by atoms with Crippen LogP contribution in [0.4, 0.5) is 0 Å². The molecule has 0 bridgehead atoms. The molecular formula is C16H24N2O4S. The van der Waals surface area contributed by atoms with Crippen LogP contribution in [0.15, 0.2) is 23.1 Å². The lowest BCUT2D eigenvalue weighted by molar-refractivity contribution is -0.131. The second-order valence-electron chi connectivity index (χ2n) is 6.07. The van der Waals surface area contributed by atoms with E-state index >= 15 is 0 Å². The number of aryl methyl sites for hydroxylation is 1. The molecule has 23 heavy (non-hydrogen) atoms. The van der Waals surface area contributed by atoms with Crippen molar-refractivity contribution in [1.29, 1.82) is 0 Å². The molecule has 1 amide bonds. The number of nitrogens with zero attached hydrogens (tertiary/aromatic N) is 1. The van der Waals surface area contributed by atoms with Gasteiger partial charge in [-0.15, -0.1) is 0 Å². The predicted octanol–water partition coefficient (Wildman–Crippen LogP) is 1.54. The SMILES string of the molecule is COc1ccc(C)cc1S(=O)(=O)NCC(=O)N1CCCC(C)C1. The van der Waals surface area contributed by atoms with Gasteiger partial charge in [-0.3, -0.25) is 4.79 Å². The zero-order chi connectivity index (χ0) is 17.0. The number of benzene rings is 1. The molecule has 7 heteroatoms. The number of carbonyl (C=O) groups is 1. The second kappa shape index (κ2) is 7.31. The molecule has 1 aliphatic heterocycles. The van der Waals surface area contributed by atoms with Crippen LogP contribution in [0.5, 0.6) is 5.75 Å². The summed E-state index contributed by atoms with van der Waals surface area (Å²) in [5.41, 5.74) is 0.808. The monoisotopic (exact) mass is 340 g/mol. The first-order chi connectivity index (χ1) is 10.8. The van der Waals surface area contributed by atoms with E-state index in [-0.39, 0.29) is 23.1 Å². The standard InChI is InChI=1S/C16H24N2O4S/c1-12-6-7-14(22-3)15(9-12)23(20,21)17-10-16(19)18-8-4-5-13(2)11-18/h6-7,9,13,17H,4-5,8,10-11H2,1-3H3. The quantitative estimate of drug-likeness (QED) is 0.882. The van der Waals surface area contributed by atoms with Gasteiger partial charge in [-0.2, -0.15) is 0 Å². The van der Waals surface area contributed by atoms with Crippen molar-refractivity contribution in [3.8, 4) is 5.75 Å². The number of nitrogens with one attached hydrogen (secondary N) is 1. The Balaban J connectivity index is 2.07. The van der Waals surface area contributed by atoms with Crippen LogP contribution in [0.2, 0.25) is 0 Å². The largest absolute Gasteiger partial charge is 0.495 e. The van der Waals surface area contributed by atoms with Crippen LogP contribution in [0.25, 0.3) is 0 Å². The van der Waals surface area contributed by atoms with E-state index in [4.69, 9.17) is 4.74 Å². The van der Waals surface area contributed by atoms with E-state index in [1.165, 1.54) is 13.2 Å². The number of methoxy groups -OCH3 is 1. The molecule has 0 saturated carbocycles. The van der Waals surface area contributed by atoms with Crippen molar-refractivity contribution in [2.75, 3.05) is 26.7 Å². The number of piperidine rings is 1. The molecule has 128 valence electrons. The first-order valence-electron chi connectivity index (χ1n) is 7.75. The average molecular weight is 340 g/mol. The van der Waals surface area contributed by atoms with E-state index in [9.17, 15) is 13.2 Å². The third kappa shape index (κ3) is 4.45. The summed E-state index contributed by atoms with van der Waals surface area (Å²) in [6.07, 6.45) is 2.07. The summed E-state index contributed by atoms with van der Waals surface area (Å²) in [5, 5.41) is 0. The molecule has 0 spiro atoms. The van der Waals surface area contributed by atoms with Gasteiger partial charge >= 0.3 is 0 Å². The second-order valence-corrected chi connectivity index (χ2v) is 7.80. The van der Waals surface area contributed by atoms with Gasteiger partial charge in [0.25, 0.3) is 0 Å². The van der Waals surface area contributed by atoms with E-state index in [1.54, 1.807) is 24.0 Å². The molecule has 0 radical (unpaired) electrons. The Morgan fingerprint density at radius 2 is 2.17 bits per heavy atom. The Morgan fingerprint density at radius 1 is 1.43 bits per heavy atom. The zero-order valence-electron chi connectivity index (χ0n) is 13.8. The number of rotatable bonds is 5. The number of ether oxygens (including phenoxy) is 1. The van der Waals surface area contributed by atoms with Gasteiger partial charge in [-0.1, -0.05) is 13.0 Å². The van der Waals surface area contributed by atoms with Crippen LogP contribution >= 0.6 is 0 Å². The predicted molar refractivity (Wildman–Crippen MR) is 87.9 cm³/mol. The van der Waals surface area contributed by atoms with Gasteiger partial charge < -0.3 is 9.64 Å². The average Bonchev–Trinajstić information content (AvgIpc) is 2.52. The maximum atomic E-state index is 12.5. The summed E-state index contributed by atoms with van der Waals surface area (Å²) in [7, 11) is -2.37. The van der Waals surface area contributed by atoms with Crippen LogP contribution in [-0.2, 0) is 14.8 Å². The minimum absolute atomic E-state index is 0.0554. The summed E-state index contributed by atoms with van der Waals surface area (Å²) < 4.78 is 32.4. The fourth-order valence-corrected chi connectivity index (χ4v) is 3.98. The molecule has 1 atom stereocenters. The maximum Gasteiger partial charge on any atom is 0.244 e. The fraction of sp³-hybridized carbons (Fsp3) is 0.562. The minimum atomic E-state index is -3.80. The lowest BCUT2D eigenvalue weighted by atomic mass is 10.0. The highest BCUT2D eigenvalue weighted by molar-refractivity contribution is 7.89. The summed E-state index contributed by atoms with van der Waals surface area (Å²) in [6.45, 7) is 5.05. The Morgan fingerprint density at radius 3 is 2.83 bits per heavy atom.